The lowest BCUT2D eigenvalue weighted by Crippen LogP contribution is -2.28. The lowest BCUT2D eigenvalue weighted by atomic mass is 10.2. The fourth-order valence-electron chi connectivity index (χ4n) is 2.34. The maximum Gasteiger partial charge on any atom is 0.292 e. The fourth-order valence-corrected chi connectivity index (χ4v) is 2.34. The molecule has 0 saturated heterocycles. The van der Waals surface area contributed by atoms with E-state index in [-0.39, 0.29) is 17.4 Å². The highest BCUT2D eigenvalue weighted by Crippen LogP contribution is 2.22. The van der Waals surface area contributed by atoms with Gasteiger partial charge in [-0.3, -0.25) is 14.9 Å². The van der Waals surface area contributed by atoms with E-state index in [9.17, 15) is 14.9 Å². The molecular weight excluding hydrogens is 310 g/mol. The van der Waals surface area contributed by atoms with Crippen LogP contribution < -0.4 is 10.6 Å². The van der Waals surface area contributed by atoms with Gasteiger partial charge in [-0.2, -0.15) is 0 Å². The van der Waals surface area contributed by atoms with E-state index in [2.05, 4.69) is 10.6 Å². The molecule has 24 heavy (non-hydrogen) atoms. The number of para-hydroxylation sites is 3. The quantitative estimate of drug-likeness (QED) is 0.412. The van der Waals surface area contributed by atoms with Crippen molar-refractivity contribution in [2.45, 2.75) is 0 Å². The monoisotopic (exact) mass is 325 g/mol. The molecule has 122 valence electrons. The lowest BCUT2D eigenvalue weighted by Gasteiger charge is -2.07. The van der Waals surface area contributed by atoms with Crippen LogP contribution in [0.2, 0.25) is 0 Å². The van der Waals surface area contributed by atoms with Gasteiger partial charge < -0.3 is 15.1 Å². The van der Waals surface area contributed by atoms with E-state index in [1.165, 1.54) is 6.07 Å². The number of hydrogen-bond donors (Lipinski definition) is 2. The maximum absolute atomic E-state index is 12.1. The van der Waals surface area contributed by atoms with Crippen LogP contribution in [0.5, 0.6) is 0 Å². The topological polar surface area (TPSA) is 97.4 Å². The summed E-state index contributed by atoms with van der Waals surface area (Å²) >= 11 is 0. The van der Waals surface area contributed by atoms with Crippen LogP contribution in [0.15, 0.2) is 59.0 Å². The third-order valence-corrected chi connectivity index (χ3v) is 3.48. The minimum atomic E-state index is -0.449. The van der Waals surface area contributed by atoms with Crippen LogP contribution in [0.25, 0.3) is 11.0 Å². The third kappa shape index (κ3) is 3.35. The molecule has 2 aromatic carbocycles. The van der Waals surface area contributed by atoms with Crippen LogP contribution in [-0.4, -0.2) is 23.9 Å². The van der Waals surface area contributed by atoms with E-state index in [1.54, 1.807) is 30.3 Å². The molecule has 1 aromatic heterocycles. The summed E-state index contributed by atoms with van der Waals surface area (Å²) < 4.78 is 5.47. The number of carbonyl (C=O) groups excluding carboxylic acids is 1. The lowest BCUT2D eigenvalue weighted by molar-refractivity contribution is -0.384. The SMILES string of the molecule is O=C(NCCNc1ccccc1[N+](=O)[O-])c1cc2ccccc2o1. The van der Waals surface area contributed by atoms with Crippen molar-refractivity contribution in [1.82, 2.24) is 5.32 Å². The van der Waals surface area contributed by atoms with Crippen molar-refractivity contribution in [3.63, 3.8) is 0 Å². The van der Waals surface area contributed by atoms with Crippen molar-refractivity contribution in [3.05, 3.63) is 70.5 Å². The molecular formula is C17H15N3O4. The Bertz CT molecular complexity index is 855. The Balaban J connectivity index is 1.55. The first-order chi connectivity index (χ1) is 11.6. The molecule has 7 nitrogen and oxygen atoms in total. The number of nitro benzene ring substituents is 1. The first-order valence-corrected chi connectivity index (χ1v) is 7.39. The van der Waals surface area contributed by atoms with Gasteiger partial charge in [-0.1, -0.05) is 30.3 Å². The van der Waals surface area contributed by atoms with Gasteiger partial charge in [-0.15, -0.1) is 0 Å². The predicted molar refractivity (Wildman–Crippen MR) is 90.1 cm³/mol. The molecule has 3 aromatic rings. The molecule has 0 fully saturated rings. The molecule has 1 heterocycles. The normalized spacial score (nSPS) is 10.5. The number of benzene rings is 2. The Morgan fingerprint density at radius 2 is 1.83 bits per heavy atom. The molecule has 0 aliphatic rings. The Morgan fingerprint density at radius 3 is 2.62 bits per heavy atom. The zero-order valence-corrected chi connectivity index (χ0v) is 12.7. The Morgan fingerprint density at radius 1 is 1.08 bits per heavy atom. The van der Waals surface area contributed by atoms with Crippen LogP contribution in [0.3, 0.4) is 0 Å². The molecule has 0 aliphatic heterocycles. The summed E-state index contributed by atoms with van der Waals surface area (Å²) in [5, 5.41) is 17.4. The van der Waals surface area contributed by atoms with Gasteiger partial charge in [0.05, 0.1) is 4.92 Å². The molecule has 0 spiro atoms. The van der Waals surface area contributed by atoms with Gasteiger partial charge in [0.25, 0.3) is 11.6 Å². The number of nitrogens with zero attached hydrogens (tertiary/aromatic N) is 1. The van der Waals surface area contributed by atoms with Crippen molar-refractivity contribution < 1.29 is 14.1 Å². The standard InChI is InChI=1S/C17H15N3O4/c21-17(16-11-12-5-1-4-8-15(12)24-16)19-10-9-18-13-6-2-3-7-14(13)20(22)23/h1-8,11,18H,9-10H2,(H,19,21). The van der Waals surface area contributed by atoms with Crippen LogP contribution in [0.4, 0.5) is 11.4 Å². The van der Waals surface area contributed by atoms with Crippen LogP contribution in [0, 0.1) is 10.1 Å². The predicted octanol–water partition coefficient (Wildman–Crippen LogP) is 3.18. The van der Waals surface area contributed by atoms with Crippen molar-refractivity contribution >= 4 is 28.3 Å². The molecule has 0 radical (unpaired) electrons. The molecule has 0 saturated carbocycles. The van der Waals surface area contributed by atoms with Gasteiger partial charge in [0.15, 0.2) is 5.76 Å². The number of fused-ring (bicyclic) bond motifs is 1. The van der Waals surface area contributed by atoms with E-state index in [0.29, 0.717) is 24.4 Å². The summed E-state index contributed by atoms with van der Waals surface area (Å²) in [6, 6.07) is 15.4. The number of amides is 1. The van der Waals surface area contributed by atoms with Gasteiger partial charge in [-0.25, -0.2) is 0 Å². The van der Waals surface area contributed by atoms with Crippen molar-refractivity contribution in [1.29, 1.82) is 0 Å². The Kier molecular flexibility index (Phi) is 4.42. The van der Waals surface area contributed by atoms with E-state index in [1.807, 2.05) is 18.2 Å². The molecule has 2 N–H and O–H groups in total. The summed E-state index contributed by atoms with van der Waals surface area (Å²) in [4.78, 5) is 22.5. The molecule has 0 aliphatic carbocycles. The minimum absolute atomic E-state index is 0.00103. The molecule has 0 unspecified atom stereocenters. The number of anilines is 1. The number of rotatable bonds is 6. The Labute approximate surface area is 137 Å². The molecule has 1 amide bonds. The van der Waals surface area contributed by atoms with E-state index >= 15 is 0 Å². The van der Waals surface area contributed by atoms with Crippen molar-refractivity contribution in [2.75, 3.05) is 18.4 Å². The first-order valence-electron chi connectivity index (χ1n) is 7.39. The van der Waals surface area contributed by atoms with E-state index < -0.39 is 4.92 Å². The van der Waals surface area contributed by atoms with Crippen LogP contribution in [-0.2, 0) is 0 Å². The van der Waals surface area contributed by atoms with Gasteiger partial charge in [0.1, 0.15) is 11.3 Å². The smallest absolute Gasteiger partial charge is 0.292 e. The van der Waals surface area contributed by atoms with Crippen molar-refractivity contribution in [3.8, 4) is 0 Å². The Hall–Kier alpha value is -3.35. The van der Waals surface area contributed by atoms with Crippen molar-refractivity contribution in [2.24, 2.45) is 0 Å². The third-order valence-electron chi connectivity index (χ3n) is 3.48. The highest BCUT2D eigenvalue weighted by molar-refractivity contribution is 5.96. The highest BCUT2D eigenvalue weighted by Gasteiger charge is 2.13. The summed E-state index contributed by atoms with van der Waals surface area (Å²) in [5.74, 6) is -0.0857. The second-order valence-electron chi connectivity index (χ2n) is 5.11. The molecule has 7 heteroatoms. The van der Waals surface area contributed by atoms with Gasteiger partial charge in [0.2, 0.25) is 0 Å². The van der Waals surface area contributed by atoms with E-state index in [4.69, 9.17) is 4.42 Å². The first kappa shape index (κ1) is 15.5. The molecule has 0 atom stereocenters. The summed E-state index contributed by atoms with van der Waals surface area (Å²) in [7, 11) is 0. The fraction of sp³-hybridized carbons (Fsp3) is 0.118. The van der Waals surface area contributed by atoms with Gasteiger partial charge in [0, 0.05) is 24.5 Å². The molecule has 0 bridgehead atoms. The molecule has 3 rings (SSSR count). The number of nitro groups is 1. The largest absolute Gasteiger partial charge is 0.451 e. The summed E-state index contributed by atoms with van der Waals surface area (Å²) in [6.07, 6.45) is 0. The zero-order valence-electron chi connectivity index (χ0n) is 12.7. The zero-order chi connectivity index (χ0) is 16.9. The van der Waals surface area contributed by atoms with Gasteiger partial charge in [-0.05, 0) is 18.2 Å². The second-order valence-corrected chi connectivity index (χ2v) is 5.11. The van der Waals surface area contributed by atoms with Crippen LogP contribution in [0.1, 0.15) is 10.6 Å². The minimum Gasteiger partial charge on any atom is -0.451 e. The number of carbonyl (C=O) groups is 1. The van der Waals surface area contributed by atoms with Gasteiger partial charge >= 0.3 is 0 Å². The van der Waals surface area contributed by atoms with Crippen LogP contribution >= 0.6 is 0 Å². The highest BCUT2D eigenvalue weighted by atomic mass is 16.6. The number of nitrogens with one attached hydrogen (secondary N) is 2. The summed E-state index contributed by atoms with van der Waals surface area (Å²) in [5.41, 5.74) is 1.07. The number of furan rings is 1. The average molecular weight is 325 g/mol. The average Bonchev–Trinajstić information content (AvgIpc) is 3.03. The summed E-state index contributed by atoms with van der Waals surface area (Å²) in [6.45, 7) is 0.665. The number of hydrogen-bond acceptors (Lipinski definition) is 5. The maximum atomic E-state index is 12.1. The van der Waals surface area contributed by atoms with E-state index in [0.717, 1.165) is 5.39 Å². The second kappa shape index (κ2) is 6.82.